The second-order valence-corrected chi connectivity index (χ2v) is 14.3. The van der Waals surface area contributed by atoms with E-state index in [4.69, 9.17) is 27.9 Å². The maximum atomic E-state index is 13.0. The highest BCUT2D eigenvalue weighted by Crippen LogP contribution is 2.31. The van der Waals surface area contributed by atoms with Crippen molar-refractivity contribution in [3.63, 3.8) is 0 Å². The number of esters is 2. The van der Waals surface area contributed by atoms with Gasteiger partial charge >= 0.3 is 22.3 Å². The summed E-state index contributed by atoms with van der Waals surface area (Å²) < 4.78 is 66.1. The van der Waals surface area contributed by atoms with Crippen LogP contribution in [-0.4, -0.2) is 76.4 Å². The Morgan fingerprint density at radius 2 is 0.958 bits per heavy atom. The van der Waals surface area contributed by atoms with Crippen LogP contribution in [0.25, 0.3) is 0 Å². The first kappa shape index (κ1) is 44.7. The molecule has 1 N–H and O–H groups in total. The summed E-state index contributed by atoms with van der Waals surface area (Å²) in [5.74, 6) is -1.15. The second-order valence-electron chi connectivity index (χ2n) is 13.2. The number of unbranched alkanes of at least 4 members (excludes halogenated alkanes) is 20. The fourth-order valence-electron chi connectivity index (χ4n) is 6.17. The molecule has 0 aromatic carbocycles. The Balaban J connectivity index is 2.69. The summed E-state index contributed by atoms with van der Waals surface area (Å²) in [4.78, 5) is 26.0. The Bertz CT molecular complexity index is 914. The van der Waals surface area contributed by atoms with Gasteiger partial charge in [0.1, 0.15) is 12.2 Å². The van der Waals surface area contributed by atoms with Crippen molar-refractivity contribution in [3.8, 4) is 0 Å². The number of carbonyl (C=O) groups is 2. The molecule has 0 aromatic heterocycles. The predicted octanol–water partition coefficient (Wildman–Crippen LogP) is 8.42. The first-order valence-electron chi connectivity index (χ1n) is 18.9. The molecule has 0 aliphatic carbocycles. The van der Waals surface area contributed by atoms with E-state index in [0.717, 1.165) is 38.5 Å². The summed E-state index contributed by atoms with van der Waals surface area (Å²) in [6.45, 7) is 4.27. The molecule has 1 saturated heterocycles. The lowest BCUT2D eigenvalue weighted by molar-refractivity contribution is -0.297. The Morgan fingerprint density at radius 3 is 1.31 bits per heavy atom. The van der Waals surface area contributed by atoms with Crippen molar-refractivity contribution in [2.75, 3.05) is 20.8 Å². The van der Waals surface area contributed by atoms with Crippen LogP contribution in [0, 0.1) is 0 Å². The molecule has 0 saturated carbocycles. The Kier molecular flexibility index (Phi) is 26.4. The molecule has 1 rings (SSSR count). The van der Waals surface area contributed by atoms with Gasteiger partial charge in [0.15, 0.2) is 18.5 Å². The van der Waals surface area contributed by atoms with Gasteiger partial charge in [-0.05, 0) is 12.8 Å². The van der Waals surface area contributed by atoms with E-state index in [9.17, 15) is 22.6 Å². The SMILES string of the molecule is CCCCCCCCCCCCCC(=O)O[C@@H]1[C@@H](OC(=O)CCCCCCCCCCCCC)[C@@H](OC)O[C@H](COC)[C@H]1OS(=O)(=O)O. The summed E-state index contributed by atoms with van der Waals surface area (Å²) in [5.41, 5.74) is 0. The molecule has 0 amide bonds. The van der Waals surface area contributed by atoms with E-state index in [2.05, 4.69) is 13.8 Å². The third-order valence-corrected chi connectivity index (χ3v) is 9.36. The van der Waals surface area contributed by atoms with Gasteiger partial charge in [0.2, 0.25) is 0 Å². The Morgan fingerprint density at radius 1 is 0.583 bits per heavy atom. The molecule has 0 bridgehead atoms. The zero-order valence-electron chi connectivity index (χ0n) is 30.5. The minimum Gasteiger partial charge on any atom is -0.455 e. The fourth-order valence-corrected chi connectivity index (χ4v) is 6.69. The highest BCUT2D eigenvalue weighted by atomic mass is 32.3. The van der Waals surface area contributed by atoms with Gasteiger partial charge in [-0.3, -0.25) is 14.1 Å². The van der Waals surface area contributed by atoms with Crippen molar-refractivity contribution in [1.29, 1.82) is 0 Å². The smallest absolute Gasteiger partial charge is 0.397 e. The van der Waals surface area contributed by atoms with Crippen molar-refractivity contribution in [3.05, 3.63) is 0 Å². The molecule has 1 heterocycles. The van der Waals surface area contributed by atoms with Gasteiger partial charge in [0.05, 0.1) is 6.61 Å². The van der Waals surface area contributed by atoms with Crippen LogP contribution in [-0.2, 0) is 47.9 Å². The molecule has 1 aliphatic heterocycles. The molecule has 1 aliphatic rings. The molecular weight excluding hydrogens is 640 g/mol. The van der Waals surface area contributed by atoms with Gasteiger partial charge in [-0.2, -0.15) is 8.42 Å². The van der Waals surface area contributed by atoms with E-state index >= 15 is 0 Å². The molecule has 284 valence electrons. The molecule has 48 heavy (non-hydrogen) atoms. The number of methoxy groups -OCH3 is 2. The first-order chi connectivity index (χ1) is 23.2. The molecule has 0 aromatic rings. The minimum absolute atomic E-state index is 0.0962. The van der Waals surface area contributed by atoms with Crippen LogP contribution in [0.5, 0.6) is 0 Å². The van der Waals surface area contributed by atoms with Crippen molar-refractivity contribution < 1.29 is 50.4 Å². The van der Waals surface area contributed by atoms with E-state index in [-0.39, 0.29) is 19.4 Å². The Hall–Kier alpha value is -1.31. The van der Waals surface area contributed by atoms with Crippen LogP contribution in [0.1, 0.15) is 168 Å². The lowest BCUT2D eigenvalue weighted by Gasteiger charge is -2.43. The summed E-state index contributed by atoms with van der Waals surface area (Å²) in [6.07, 6.45) is 18.6. The molecule has 11 nitrogen and oxygen atoms in total. The van der Waals surface area contributed by atoms with Crippen LogP contribution in [0.3, 0.4) is 0 Å². The maximum Gasteiger partial charge on any atom is 0.397 e. The molecule has 5 atom stereocenters. The largest absolute Gasteiger partial charge is 0.455 e. The minimum atomic E-state index is -5.00. The van der Waals surface area contributed by atoms with Crippen molar-refractivity contribution in [2.24, 2.45) is 0 Å². The molecule has 1 fully saturated rings. The van der Waals surface area contributed by atoms with E-state index < -0.39 is 53.0 Å². The number of hydrogen-bond acceptors (Lipinski definition) is 10. The fraction of sp³-hybridized carbons (Fsp3) is 0.944. The first-order valence-corrected chi connectivity index (χ1v) is 20.2. The lowest BCUT2D eigenvalue weighted by Crippen LogP contribution is -2.62. The summed E-state index contributed by atoms with van der Waals surface area (Å²) in [6, 6.07) is 0. The zero-order valence-corrected chi connectivity index (χ0v) is 31.3. The van der Waals surface area contributed by atoms with Crippen LogP contribution >= 0.6 is 0 Å². The zero-order chi connectivity index (χ0) is 35.5. The normalized spacial score (nSPS) is 21.3. The average Bonchev–Trinajstić information content (AvgIpc) is 3.04. The van der Waals surface area contributed by atoms with Gasteiger partial charge in [0.25, 0.3) is 0 Å². The summed E-state index contributed by atoms with van der Waals surface area (Å²) >= 11 is 0. The standard InChI is InChI=1S/C36H68O11S/c1-5-7-9-11-13-15-17-19-21-23-25-27-31(37)45-34-33(47-48(39,40)41)30(29-42-3)44-36(43-4)35(34)46-32(38)28-26-24-22-20-18-16-14-12-10-8-6-2/h30,33-36H,5-29H2,1-4H3,(H,39,40,41)/t30-,33-,34+,35-,36+/m1/s1. The topological polar surface area (TPSA) is 144 Å². The monoisotopic (exact) mass is 708 g/mol. The number of hydrogen-bond donors (Lipinski definition) is 1. The second kappa shape index (κ2) is 28.4. The number of carbonyl (C=O) groups excluding carboxylic acids is 2. The van der Waals surface area contributed by atoms with Crippen molar-refractivity contribution in [2.45, 2.75) is 199 Å². The van der Waals surface area contributed by atoms with Gasteiger partial charge in [-0.1, -0.05) is 142 Å². The maximum absolute atomic E-state index is 13.0. The van der Waals surface area contributed by atoms with Crippen LogP contribution in [0.2, 0.25) is 0 Å². The molecule has 0 radical (unpaired) electrons. The number of ether oxygens (including phenoxy) is 5. The molecule has 0 unspecified atom stereocenters. The highest BCUT2D eigenvalue weighted by Gasteiger charge is 2.53. The molecule has 12 heteroatoms. The third-order valence-electron chi connectivity index (χ3n) is 8.89. The molecule has 0 spiro atoms. The van der Waals surface area contributed by atoms with Crippen molar-refractivity contribution >= 4 is 22.3 Å². The van der Waals surface area contributed by atoms with Crippen molar-refractivity contribution in [1.82, 2.24) is 0 Å². The van der Waals surface area contributed by atoms with Gasteiger partial charge in [0, 0.05) is 27.1 Å². The Labute approximate surface area is 291 Å². The predicted molar refractivity (Wildman–Crippen MR) is 186 cm³/mol. The van der Waals surface area contributed by atoms with Crippen LogP contribution in [0.15, 0.2) is 0 Å². The van der Waals surface area contributed by atoms with Gasteiger partial charge in [-0.25, -0.2) is 4.18 Å². The summed E-state index contributed by atoms with van der Waals surface area (Å²) in [7, 11) is -2.28. The lowest BCUT2D eigenvalue weighted by atomic mass is 9.98. The molecular formula is C36H68O11S. The van der Waals surface area contributed by atoms with E-state index in [1.54, 1.807) is 0 Å². The highest BCUT2D eigenvalue weighted by molar-refractivity contribution is 7.80. The van der Waals surface area contributed by atoms with E-state index in [0.29, 0.717) is 12.8 Å². The van der Waals surface area contributed by atoms with E-state index in [1.807, 2.05) is 0 Å². The number of rotatable bonds is 31. The van der Waals surface area contributed by atoms with Gasteiger partial charge < -0.3 is 23.7 Å². The summed E-state index contributed by atoms with van der Waals surface area (Å²) in [5, 5.41) is 0. The quantitative estimate of drug-likeness (QED) is 0.0421. The van der Waals surface area contributed by atoms with Crippen LogP contribution < -0.4 is 0 Å². The third kappa shape index (κ3) is 21.7. The van der Waals surface area contributed by atoms with Gasteiger partial charge in [-0.15, -0.1) is 0 Å². The van der Waals surface area contributed by atoms with E-state index in [1.165, 1.54) is 104 Å². The average molecular weight is 709 g/mol. The van der Waals surface area contributed by atoms with Crippen LogP contribution in [0.4, 0.5) is 0 Å².